The highest BCUT2D eigenvalue weighted by Crippen LogP contribution is 2.19. The van der Waals surface area contributed by atoms with Crippen LogP contribution in [-0.2, 0) is 13.1 Å². The summed E-state index contributed by atoms with van der Waals surface area (Å²) in [6, 6.07) is 6.80. The van der Waals surface area contributed by atoms with Crippen LogP contribution in [0.15, 0.2) is 30.5 Å². The Hall–Kier alpha value is -2.14. The van der Waals surface area contributed by atoms with Crippen molar-refractivity contribution in [1.82, 2.24) is 15.1 Å². The Morgan fingerprint density at radius 1 is 1.41 bits per heavy atom. The van der Waals surface area contributed by atoms with Gasteiger partial charge in [0.25, 0.3) is 0 Å². The number of carboxylic acids is 1. The number of fused-ring (bicyclic) bond motifs is 1. The molecule has 1 aliphatic heterocycles. The van der Waals surface area contributed by atoms with E-state index >= 15 is 0 Å². The first-order valence-electron chi connectivity index (χ1n) is 5.36. The highest BCUT2D eigenvalue weighted by Gasteiger charge is 2.17. The SMILES string of the molecule is O=C(O)c1cccc(-n2ncc3c2CNC3)c1. The lowest BCUT2D eigenvalue weighted by Gasteiger charge is -2.06. The van der Waals surface area contributed by atoms with E-state index in [-0.39, 0.29) is 5.56 Å². The molecule has 2 aromatic rings. The summed E-state index contributed by atoms with van der Waals surface area (Å²) >= 11 is 0. The smallest absolute Gasteiger partial charge is 0.335 e. The van der Waals surface area contributed by atoms with Crippen molar-refractivity contribution in [2.75, 3.05) is 0 Å². The third kappa shape index (κ3) is 1.60. The lowest BCUT2D eigenvalue weighted by Crippen LogP contribution is -2.08. The second-order valence-corrected chi connectivity index (χ2v) is 3.99. The number of nitrogens with zero attached hydrogens (tertiary/aromatic N) is 2. The van der Waals surface area contributed by atoms with E-state index in [0.717, 1.165) is 24.5 Å². The standard InChI is InChI=1S/C12H11N3O2/c16-12(17)8-2-1-3-10(4-8)15-11-7-13-5-9(11)6-14-15/h1-4,6,13H,5,7H2,(H,16,17). The Balaban J connectivity index is 2.09. The Kier molecular flexibility index (Phi) is 2.19. The molecule has 0 radical (unpaired) electrons. The monoisotopic (exact) mass is 229 g/mol. The number of aromatic carboxylic acids is 1. The lowest BCUT2D eigenvalue weighted by atomic mass is 10.2. The zero-order valence-corrected chi connectivity index (χ0v) is 9.05. The first-order valence-corrected chi connectivity index (χ1v) is 5.36. The number of rotatable bonds is 2. The molecule has 0 spiro atoms. The average Bonchev–Trinajstić information content (AvgIpc) is 2.90. The van der Waals surface area contributed by atoms with Gasteiger partial charge in [-0.15, -0.1) is 0 Å². The number of benzene rings is 1. The highest BCUT2D eigenvalue weighted by molar-refractivity contribution is 5.88. The van der Waals surface area contributed by atoms with Crippen LogP contribution in [0.2, 0.25) is 0 Å². The van der Waals surface area contributed by atoms with Crippen molar-refractivity contribution < 1.29 is 9.90 Å². The van der Waals surface area contributed by atoms with E-state index in [9.17, 15) is 4.79 Å². The van der Waals surface area contributed by atoms with Crippen molar-refractivity contribution in [3.05, 3.63) is 47.3 Å². The molecular formula is C12H11N3O2. The van der Waals surface area contributed by atoms with E-state index in [1.807, 2.05) is 12.3 Å². The van der Waals surface area contributed by atoms with E-state index in [0.29, 0.717) is 0 Å². The summed E-state index contributed by atoms with van der Waals surface area (Å²) in [7, 11) is 0. The quantitative estimate of drug-likeness (QED) is 0.811. The fourth-order valence-electron chi connectivity index (χ4n) is 2.05. The molecule has 0 aliphatic carbocycles. The van der Waals surface area contributed by atoms with Crippen LogP contribution in [0.5, 0.6) is 0 Å². The molecule has 2 N–H and O–H groups in total. The van der Waals surface area contributed by atoms with Gasteiger partial charge < -0.3 is 10.4 Å². The first-order chi connectivity index (χ1) is 8.25. The van der Waals surface area contributed by atoms with Crippen LogP contribution in [0.1, 0.15) is 21.6 Å². The fraction of sp³-hybridized carbons (Fsp3) is 0.167. The minimum absolute atomic E-state index is 0.276. The third-order valence-electron chi connectivity index (χ3n) is 2.90. The van der Waals surface area contributed by atoms with E-state index in [1.165, 1.54) is 5.56 Å². The number of aromatic nitrogens is 2. The molecule has 0 saturated carbocycles. The summed E-state index contributed by atoms with van der Waals surface area (Å²) in [5.74, 6) is -0.922. The van der Waals surface area contributed by atoms with Crippen molar-refractivity contribution in [2.45, 2.75) is 13.1 Å². The molecule has 0 bridgehead atoms. The van der Waals surface area contributed by atoms with Gasteiger partial charge in [0, 0.05) is 18.7 Å². The van der Waals surface area contributed by atoms with Crippen LogP contribution in [0.3, 0.4) is 0 Å². The molecule has 0 amide bonds. The van der Waals surface area contributed by atoms with Crippen LogP contribution >= 0.6 is 0 Å². The van der Waals surface area contributed by atoms with Crippen molar-refractivity contribution in [3.8, 4) is 5.69 Å². The summed E-state index contributed by atoms with van der Waals surface area (Å²) in [4.78, 5) is 10.9. The fourth-order valence-corrected chi connectivity index (χ4v) is 2.05. The first kappa shape index (κ1) is 10.0. The van der Waals surface area contributed by atoms with Gasteiger partial charge in [-0.05, 0) is 18.2 Å². The second-order valence-electron chi connectivity index (χ2n) is 3.99. The van der Waals surface area contributed by atoms with Crippen molar-refractivity contribution in [2.24, 2.45) is 0 Å². The van der Waals surface area contributed by atoms with Crippen molar-refractivity contribution in [3.63, 3.8) is 0 Å². The summed E-state index contributed by atoms with van der Waals surface area (Å²) < 4.78 is 1.79. The van der Waals surface area contributed by atoms with Gasteiger partial charge in [-0.25, -0.2) is 9.48 Å². The Labute approximate surface area is 97.7 Å². The topological polar surface area (TPSA) is 67.1 Å². The minimum Gasteiger partial charge on any atom is -0.478 e. The molecule has 3 rings (SSSR count). The molecule has 0 fully saturated rings. The Morgan fingerprint density at radius 3 is 3.12 bits per heavy atom. The van der Waals surface area contributed by atoms with Gasteiger partial charge in [-0.3, -0.25) is 0 Å². The Morgan fingerprint density at radius 2 is 2.29 bits per heavy atom. The normalized spacial score (nSPS) is 13.6. The van der Waals surface area contributed by atoms with Crippen LogP contribution < -0.4 is 5.32 Å². The zero-order chi connectivity index (χ0) is 11.8. The molecule has 5 heteroatoms. The maximum Gasteiger partial charge on any atom is 0.335 e. The largest absolute Gasteiger partial charge is 0.478 e. The number of carboxylic acid groups (broad SMARTS) is 1. The molecular weight excluding hydrogens is 218 g/mol. The average molecular weight is 229 g/mol. The molecule has 1 aromatic heterocycles. The molecule has 1 aliphatic rings. The molecule has 0 atom stereocenters. The molecule has 86 valence electrons. The highest BCUT2D eigenvalue weighted by atomic mass is 16.4. The van der Waals surface area contributed by atoms with E-state index in [1.54, 1.807) is 22.9 Å². The number of nitrogens with one attached hydrogen (secondary N) is 1. The minimum atomic E-state index is -0.922. The number of hydrogen-bond acceptors (Lipinski definition) is 3. The van der Waals surface area contributed by atoms with Crippen LogP contribution in [0, 0.1) is 0 Å². The van der Waals surface area contributed by atoms with E-state index < -0.39 is 5.97 Å². The Bertz CT molecular complexity index is 589. The van der Waals surface area contributed by atoms with Gasteiger partial charge >= 0.3 is 5.97 Å². The van der Waals surface area contributed by atoms with Crippen molar-refractivity contribution >= 4 is 5.97 Å². The van der Waals surface area contributed by atoms with Gasteiger partial charge in [0.2, 0.25) is 0 Å². The van der Waals surface area contributed by atoms with Crippen LogP contribution in [0.4, 0.5) is 0 Å². The predicted octanol–water partition coefficient (Wildman–Crippen LogP) is 1.17. The van der Waals surface area contributed by atoms with Gasteiger partial charge in [0.15, 0.2) is 0 Å². The van der Waals surface area contributed by atoms with Crippen molar-refractivity contribution in [1.29, 1.82) is 0 Å². The maximum atomic E-state index is 10.9. The van der Waals surface area contributed by atoms with E-state index in [4.69, 9.17) is 5.11 Å². The summed E-state index contributed by atoms with van der Waals surface area (Å²) in [5, 5.41) is 16.5. The van der Waals surface area contributed by atoms with E-state index in [2.05, 4.69) is 10.4 Å². The summed E-state index contributed by atoms with van der Waals surface area (Å²) in [6.07, 6.45) is 1.82. The third-order valence-corrected chi connectivity index (χ3v) is 2.90. The van der Waals surface area contributed by atoms with Gasteiger partial charge in [0.1, 0.15) is 0 Å². The summed E-state index contributed by atoms with van der Waals surface area (Å²) in [5.41, 5.74) is 3.34. The van der Waals surface area contributed by atoms with Gasteiger partial charge in [-0.1, -0.05) is 6.07 Å². The molecule has 1 aromatic carbocycles. The molecule has 17 heavy (non-hydrogen) atoms. The maximum absolute atomic E-state index is 10.9. The molecule has 0 unspecified atom stereocenters. The number of hydrogen-bond donors (Lipinski definition) is 2. The number of carbonyl (C=O) groups is 1. The lowest BCUT2D eigenvalue weighted by molar-refractivity contribution is 0.0697. The molecule has 2 heterocycles. The zero-order valence-electron chi connectivity index (χ0n) is 9.05. The molecule has 5 nitrogen and oxygen atoms in total. The predicted molar refractivity (Wildman–Crippen MR) is 61.1 cm³/mol. The van der Waals surface area contributed by atoms with Gasteiger partial charge in [0.05, 0.1) is 23.1 Å². The summed E-state index contributed by atoms with van der Waals surface area (Å²) in [6.45, 7) is 1.60. The van der Waals surface area contributed by atoms with Crippen LogP contribution in [0.25, 0.3) is 5.69 Å². The van der Waals surface area contributed by atoms with Crippen LogP contribution in [-0.4, -0.2) is 20.9 Å². The van der Waals surface area contributed by atoms with Gasteiger partial charge in [-0.2, -0.15) is 5.10 Å². The second kappa shape index (κ2) is 3.71. The molecule has 0 saturated heterocycles.